The highest BCUT2D eigenvalue weighted by Gasteiger charge is 2.25. The fourth-order valence-electron chi connectivity index (χ4n) is 3.99. The third kappa shape index (κ3) is 3.19. The number of pyridine rings is 1. The topological polar surface area (TPSA) is 41.0 Å². The molecule has 0 saturated carbocycles. The van der Waals surface area contributed by atoms with Gasteiger partial charge in [0.15, 0.2) is 11.6 Å². The average Bonchev–Trinajstić information content (AvgIpc) is 3.44. The summed E-state index contributed by atoms with van der Waals surface area (Å²) in [5.74, 6) is -1.30. The Morgan fingerprint density at radius 3 is 2.97 bits per heavy atom. The first-order valence-corrected chi connectivity index (χ1v) is 11.6. The van der Waals surface area contributed by atoms with Crippen molar-refractivity contribution < 1.29 is 8.78 Å². The molecule has 0 spiro atoms. The van der Waals surface area contributed by atoms with Crippen molar-refractivity contribution in [1.29, 1.82) is 0 Å². The number of thiazole rings is 1. The SMILES string of the molecule is CCCN1CC=C(c2cc3c(Nc4c(F)cc5scnc5c4F)ccnc3s2)C1C. The van der Waals surface area contributed by atoms with Gasteiger partial charge in [0.25, 0.3) is 0 Å². The number of anilines is 2. The molecule has 4 nitrogen and oxygen atoms in total. The molecule has 1 aromatic carbocycles. The van der Waals surface area contributed by atoms with Crippen LogP contribution in [-0.2, 0) is 0 Å². The Kier molecular flexibility index (Phi) is 5.00. The third-order valence-electron chi connectivity index (χ3n) is 5.55. The maximum Gasteiger partial charge on any atom is 0.176 e. The van der Waals surface area contributed by atoms with Crippen LogP contribution in [0.25, 0.3) is 26.0 Å². The van der Waals surface area contributed by atoms with Crippen molar-refractivity contribution in [2.45, 2.75) is 26.3 Å². The molecular formula is C22H20F2N4S2. The first-order chi connectivity index (χ1) is 14.6. The number of nitrogens with one attached hydrogen (secondary N) is 1. The number of nitrogens with zero attached hydrogens (tertiary/aromatic N) is 3. The second-order valence-electron chi connectivity index (χ2n) is 7.39. The molecule has 1 aliphatic rings. The molecule has 0 bridgehead atoms. The van der Waals surface area contributed by atoms with Crippen LogP contribution < -0.4 is 5.32 Å². The molecule has 1 atom stereocenters. The van der Waals surface area contributed by atoms with E-state index in [1.165, 1.54) is 28.5 Å². The maximum atomic E-state index is 14.9. The monoisotopic (exact) mass is 442 g/mol. The van der Waals surface area contributed by atoms with E-state index in [-0.39, 0.29) is 11.2 Å². The van der Waals surface area contributed by atoms with Gasteiger partial charge in [-0.1, -0.05) is 13.0 Å². The molecule has 5 rings (SSSR count). The molecule has 0 aliphatic carbocycles. The number of hydrogen-bond donors (Lipinski definition) is 1. The van der Waals surface area contributed by atoms with Gasteiger partial charge in [-0.05, 0) is 43.7 Å². The van der Waals surface area contributed by atoms with Crippen LogP contribution in [0, 0.1) is 11.6 Å². The molecule has 0 amide bonds. The lowest BCUT2D eigenvalue weighted by atomic mass is 10.1. The lowest BCUT2D eigenvalue weighted by molar-refractivity contribution is 0.291. The molecular weight excluding hydrogens is 422 g/mol. The van der Waals surface area contributed by atoms with E-state index in [1.807, 2.05) is 0 Å². The van der Waals surface area contributed by atoms with E-state index in [0.29, 0.717) is 16.4 Å². The van der Waals surface area contributed by atoms with Gasteiger partial charge in [-0.25, -0.2) is 18.7 Å². The molecule has 0 saturated heterocycles. The number of benzene rings is 1. The Hall–Kier alpha value is -2.42. The summed E-state index contributed by atoms with van der Waals surface area (Å²) in [4.78, 5) is 12.9. The Labute approximate surface area is 180 Å². The largest absolute Gasteiger partial charge is 0.350 e. The second kappa shape index (κ2) is 7.68. The molecule has 0 fully saturated rings. The number of aromatic nitrogens is 2. The summed E-state index contributed by atoms with van der Waals surface area (Å²) in [6, 6.07) is 5.49. The molecule has 1 unspecified atom stereocenters. The molecule has 0 radical (unpaired) electrons. The highest BCUT2D eigenvalue weighted by molar-refractivity contribution is 7.19. The molecule has 8 heteroatoms. The van der Waals surface area contributed by atoms with Crippen molar-refractivity contribution in [3.63, 3.8) is 0 Å². The van der Waals surface area contributed by atoms with Crippen LogP contribution in [0.15, 0.2) is 36.0 Å². The van der Waals surface area contributed by atoms with Gasteiger partial charge in [0.1, 0.15) is 16.0 Å². The standard InChI is InChI=1S/C22H20F2N4S2/c1-3-7-28-8-5-13(12(28)2)17-9-14-16(4-6-25-22(14)30-17)27-20-15(23)10-18-21(19(20)24)26-11-29-18/h4-6,9-12H,3,7-8H2,1-2H3,(H,25,27). The maximum absolute atomic E-state index is 14.9. The van der Waals surface area contributed by atoms with Crippen LogP contribution in [0.2, 0.25) is 0 Å². The van der Waals surface area contributed by atoms with Crippen LogP contribution in [0.4, 0.5) is 20.2 Å². The van der Waals surface area contributed by atoms with Crippen molar-refractivity contribution in [1.82, 2.24) is 14.9 Å². The zero-order valence-corrected chi connectivity index (χ0v) is 18.2. The van der Waals surface area contributed by atoms with Crippen LogP contribution >= 0.6 is 22.7 Å². The zero-order valence-electron chi connectivity index (χ0n) is 16.6. The molecule has 1 aliphatic heterocycles. The molecule has 154 valence electrons. The van der Waals surface area contributed by atoms with Gasteiger partial charge in [-0.3, -0.25) is 4.90 Å². The summed E-state index contributed by atoms with van der Waals surface area (Å²) in [6.45, 7) is 6.42. The minimum atomic E-state index is -0.672. The summed E-state index contributed by atoms with van der Waals surface area (Å²) in [5.41, 5.74) is 3.44. The Balaban J connectivity index is 1.53. The number of fused-ring (bicyclic) bond motifs is 2. The molecule has 1 N–H and O–H groups in total. The Bertz CT molecular complexity index is 1280. The van der Waals surface area contributed by atoms with Crippen LogP contribution in [0.3, 0.4) is 0 Å². The normalized spacial score (nSPS) is 17.2. The van der Waals surface area contributed by atoms with Gasteiger partial charge in [0, 0.05) is 29.0 Å². The van der Waals surface area contributed by atoms with Gasteiger partial charge >= 0.3 is 0 Å². The average molecular weight is 443 g/mol. The minimum Gasteiger partial charge on any atom is -0.350 e. The first-order valence-electron chi connectivity index (χ1n) is 9.88. The van der Waals surface area contributed by atoms with E-state index in [9.17, 15) is 8.78 Å². The smallest absolute Gasteiger partial charge is 0.176 e. The third-order valence-corrected chi connectivity index (χ3v) is 7.42. The molecule has 3 aromatic heterocycles. The van der Waals surface area contributed by atoms with Gasteiger partial charge in [0.2, 0.25) is 0 Å². The van der Waals surface area contributed by atoms with Crippen molar-refractivity contribution in [3.8, 4) is 0 Å². The van der Waals surface area contributed by atoms with E-state index >= 15 is 0 Å². The number of thiophene rings is 1. The summed E-state index contributed by atoms with van der Waals surface area (Å²) >= 11 is 2.83. The fraction of sp³-hybridized carbons (Fsp3) is 0.273. The fourth-order valence-corrected chi connectivity index (χ4v) is 5.84. The van der Waals surface area contributed by atoms with Crippen molar-refractivity contribution in [3.05, 3.63) is 52.5 Å². The molecule has 4 heterocycles. The van der Waals surface area contributed by atoms with Crippen molar-refractivity contribution >= 4 is 60.1 Å². The second-order valence-corrected chi connectivity index (χ2v) is 9.31. The summed E-state index contributed by atoms with van der Waals surface area (Å²) in [7, 11) is 0. The van der Waals surface area contributed by atoms with Gasteiger partial charge < -0.3 is 5.32 Å². The zero-order chi connectivity index (χ0) is 20.8. The van der Waals surface area contributed by atoms with Gasteiger partial charge in [-0.2, -0.15) is 0 Å². The van der Waals surface area contributed by atoms with E-state index in [2.05, 4.69) is 46.2 Å². The summed E-state index contributed by atoms with van der Waals surface area (Å²) < 4.78 is 30.0. The molecule has 30 heavy (non-hydrogen) atoms. The van der Waals surface area contributed by atoms with Gasteiger partial charge in [-0.15, -0.1) is 22.7 Å². The van der Waals surface area contributed by atoms with E-state index in [0.717, 1.165) is 34.6 Å². The van der Waals surface area contributed by atoms with Crippen LogP contribution in [0.1, 0.15) is 25.1 Å². The van der Waals surface area contributed by atoms with Gasteiger partial charge in [0.05, 0.1) is 15.9 Å². The predicted octanol–water partition coefficient (Wildman–Crippen LogP) is 6.43. The molecule has 4 aromatic rings. The van der Waals surface area contributed by atoms with E-state index in [1.54, 1.807) is 23.6 Å². The Morgan fingerprint density at radius 1 is 1.27 bits per heavy atom. The highest BCUT2D eigenvalue weighted by Crippen LogP contribution is 2.39. The number of rotatable bonds is 5. The Morgan fingerprint density at radius 2 is 2.13 bits per heavy atom. The minimum absolute atomic E-state index is 0.182. The summed E-state index contributed by atoms with van der Waals surface area (Å²) in [5, 5.41) is 3.82. The quantitative estimate of drug-likeness (QED) is 0.387. The van der Waals surface area contributed by atoms with E-state index in [4.69, 9.17) is 0 Å². The summed E-state index contributed by atoms with van der Waals surface area (Å²) in [6.07, 6.45) is 5.06. The van der Waals surface area contributed by atoms with Crippen molar-refractivity contribution in [2.24, 2.45) is 0 Å². The first kappa shape index (κ1) is 19.5. The van der Waals surface area contributed by atoms with Crippen molar-refractivity contribution in [2.75, 3.05) is 18.4 Å². The predicted molar refractivity (Wildman–Crippen MR) is 122 cm³/mol. The van der Waals surface area contributed by atoms with Crippen LogP contribution in [0.5, 0.6) is 0 Å². The van der Waals surface area contributed by atoms with Crippen LogP contribution in [-0.4, -0.2) is 34.0 Å². The number of hydrogen-bond acceptors (Lipinski definition) is 6. The van der Waals surface area contributed by atoms with E-state index < -0.39 is 11.6 Å². The lowest BCUT2D eigenvalue weighted by Gasteiger charge is -2.22. The highest BCUT2D eigenvalue weighted by atomic mass is 32.1. The number of halogens is 2. The lowest BCUT2D eigenvalue weighted by Crippen LogP contribution is -2.29.